The van der Waals surface area contributed by atoms with Gasteiger partial charge in [-0.3, -0.25) is 0 Å². The maximum absolute atomic E-state index is 5.78. The highest BCUT2D eigenvalue weighted by atomic mass is 32.1. The fraction of sp³-hybridized carbons (Fsp3) is 0.667. The van der Waals surface area contributed by atoms with Gasteiger partial charge in [0, 0.05) is 0 Å². The normalized spacial score (nSPS) is 12.0. The Hall–Kier alpha value is -0.480. The number of aromatic nitrogens is 2. The van der Waals surface area contributed by atoms with Crippen LogP contribution in [0, 0.1) is 6.92 Å². The first kappa shape index (κ1) is 7.63. The highest BCUT2D eigenvalue weighted by molar-refractivity contribution is 7.05. The summed E-state index contributed by atoms with van der Waals surface area (Å²) >= 11 is 1.37. The quantitative estimate of drug-likeness (QED) is 0.662. The third-order valence-corrected chi connectivity index (χ3v) is 2.22. The summed E-state index contributed by atoms with van der Waals surface area (Å²) in [5, 5.41) is 0.894. The zero-order valence-electron chi connectivity index (χ0n) is 6.38. The second kappa shape index (κ2) is 2.29. The van der Waals surface area contributed by atoms with Crippen molar-refractivity contribution in [2.24, 2.45) is 5.73 Å². The van der Waals surface area contributed by atoms with Crippen molar-refractivity contribution < 1.29 is 0 Å². The molecule has 56 valence electrons. The first-order chi connectivity index (χ1) is 4.50. The number of nitrogens with two attached hydrogens (primary N) is 1. The zero-order chi connectivity index (χ0) is 7.78. The van der Waals surface area contributed by atoms with Crippen molar-refractivity contribution in [2.45, 2.75) is 26.3 Å². The molecule has 3 nitrogen and oxygen atoms in total. The first-order valence-electron chi connectivity index (χ1n) is 3.10. The molecule has 0 aliphatic rings. The van der Waals surface area contributed by atoms with Crippen LogP contribution in [0.4, 0.5) is 0 Å². The van der Waals surface area contributed by atoms with Crippen LogP contribution in [0.5, 0.6) is 0 Å². The van der Waals surface area contributed by atoms with Crippen molar-refractivity contribution >= 4 is 11.5 Å². The average molecular weight is 157 g/mol. The lowest BCUT2D eigenvalue weighted by atomic mass is 10.1. The molecule has 0 amide bonds. The monoisotopic (exact) mass is 157 g/mol. The molecule has 4 heteroatoms. The van der Waals surface area contributed by atoms with Crippen LogP contribution in [0.15, 0.2) is 0 Å². The Morgan fingerprint density at radius 3 is 2.30 bits per heavy atom. The summed E-state index contributed by atoms with van der Waals surface area (Å²) in [7, 11) is 0. The molecule has 0 unspecified atom stereocenters. The Morgan fingerprint density at radius 2 is 2.10 bits per heavy atom. The summed E-state index contributed by atoms with van der Waals surface area (Å²) < 4.78 is 4.03. The van der Waals surface area contributed by atoms with Gasteiger partial charge in [0.15, 0.2) is 0 Å². The summed E-state index contributed by atoms with van der Waals surface area (Å²) in [6.07, 6.45) is 0. The Labute approximate surface area is 64.5 Å². The SMILES string of the molecule is Cc1nsc(C(C)(C)N)n1. The standard InChI is InChI=1S/C6H11N3S/c1-4-8-5(10-9-4)6(2,3)7/h7H2,1-3H3. The van der Waals surface area contributed by atoms with Gasteiger partial charge < -0.3 is 5.73 Å². The summed E-state index contributed by atoms with van der Waals surface area (Å²) in [6, 6.07) is 0. The molecule has 1 rings (SSSR count). The summed E-state index contributed by atoms with van der Waals surface area (Å²) in [5.74, 6) is 0.804. The van der Waals surface area contributed by atoms with Gasteiger partial charge in [-0.15, -0.1) is 0 Å². The number of rotatable bonds is 1. The maximum Gasteiger partial charge on any atom is 0.139 e. The molecule has 0 aliphatic carbocycles. The molecule has 10 heavy (non-hydrogen) atoms. The molecule has 0 fully saturated rings. The van der Waals surface area contributed by atoms with E-state index in [0.717, 1.165) is 10.8 Å². The smallest absolute Gasteiger partial charge is 0.139 e. The van der Waals surface area contributed by atoms with Gasteiger partial charge in [-0.25, -0.2) is 4.98 Å². The highest BCUT2D eigenvalue weighted by Gasteiger charge is 2.18. The van der Waals surface area contributed by atoms with Gasteiger partial charge >= 0.3 is 0 Å². The zero-order valence-corrected chi connectivity index (χ0v) is 7.20. The van der Waals surface area contributed by atoms with Crippen molar-refractivity contribution in [3.05, 3.63) is 10.8 Å². The average Bonchev–Trinajstić information content (AvgIpc) is 2.11. The molecular weight excluding hydrogens is 146 g/mol. The van der Waals surface area contributed by atoms with Gasteiger partial charge in [0.1, 0.15) is 10.8 Å². The molecule has 0 spiro atoms. The summed E-state index contributed by atoms with van der Waals surface area (Å²) in [5.41, 5.74) is 5.44. The molecule has 1 aromatic heterocycles. The molecule has 0 aliphatic heterocycles. The van der Waals surface area contributed by atoms with E-state index in [9.17, 15) is 0 Å². The topological polar surface area (TPSA) is 51.8 Å². The third kappa shape index (κ3) is 1.52. The van der Waals surface area contributed by atoms with Crippen LogP contribution in [0.2, 0.25) is 0 Å². The predicted octanol–water partition coefficient (Wildman–Crippen LogP) is 1.04. The van der Waals surface area contributed by atoms with E-state index in [1.807, 2.05) is 20.8 Å². The molecule has 0 radical (unpaired) electrons. The van der Waals surface area contributed by atoms with Crippen LogP contribution >= 0.6 is 11.5 Å². The van der Waals surface area contributed by atoms with Crippen molar-refractivity contribution in [1.82, 2.24) is 9.36 Å². The fourth-order valence-corrected chi connectivity index (χ4v) is 1.23. The Balaban J connectivity index is 2.96. The van der Waals surface area contributed by atoms with Crippen LogP contribution in [0.1, 0.15) is 24.7 Å². The van der Waals surface area contributed by atoms with Crippen LogP contribution in [0.25, 0.3) is 0 Å². The Bertz CT molecular complexity index is 223. The van der Waals surface area contributed by atoms with Crippen LogP contribution < -0.4 is 5.73 Å². The lowest BCUT2D eigenvalue weighted by molar-refractivity contribution is 0.549. The first-order valence-corrected chi connectivity index (χ1v) is 3.87. The van der Waals surface area contributed by atoms with E-state index < -0.39 is 0 Å². The molecule has 0 saturated carbocycles. The molecule has 0 atom stereocenters. The van der Waals surface area contributed by atoms with E-state index in [-0.39, 0.29) is 5.54 Å². The lowest BCUT2D eigenvalue weighted by Gasteiger charge is -2.12. The number of hydrogen-bond donors (Lipinski definition) is 1. The lowest BCUT2D eigenvalue weighted by Crippen LogP contribution is -2.28. The predicted molar refractivity (Wildman–Crippen MR) is 41.9 cm³/mol. The molecule has 2 N–H and O–H groups in total. The van der Waals surface area contributed by atoms with Gasteiger partial charge in [0.2, 0.25) is 0 Å². The fourth-order valence-electron chi connectivity index (χ4n) is 0.559. The highest BCUT2D eigenvalue weighted by Crippen LogP contribution is 2.17. The largest absolute Gasteiger partial charge is 0.320 e. The van der Waals surface area contributed by atoms with Crippen molar-refractivity contribution in [3.63, 3.8) is 0 Å². The van der Waals surface area contributed by atoms with Crippen LogP contribution in [0.3, 0.4) is 0 Å². The van der Waals surface area contributed by atoms with Gasteiger partial charge in [-0.2, -0.15) is 4.37 Å². The van der Waals surface area contributed by atoms with Crippen molar-refractivity contribution in [3.8, 4) is 0 Å². The Kier molecular flexibility index (Phi) is 1.74. The van der Waals surface area contributed by atoms with Crippen molar-refractivity contribution in [1.29, 1.82) is 0 Å². The molecule has 0 bridgehead atoms. The third-order valence-electron chi connectivity index (χ3n) is 1.08. The minimum Gasteiger partial charge on any atom is -0.320 e. The minimum absolute atomic E-state index is 0.341. The van der Waals surface area contributed by atoms with Gasteiger partial charge in [-0.05, 0) is 32.3 Å². The minimum atomic E-state index is -0.341. The van der Waals surface area contributed by atoms with Gasteiger partial charge in [0.25, 0.3) is 0 Å². The van der Waals surface area contributed by atoms with Crippen LogP contribution in [-0.2, 0) is 5.54 Å². The summed E-state index contributed by atoms with van der Waals surface area (Å²) in [4.78, 5) is 4.16. The number of hydrogen-bond acceptors (Lipinski definition) is 4. The number of nitrogens with zero attached hydrogens (tertiary/aromatic N) is 2. The van der Waals surface area contributed by atoms with Gasteiger partial charge in [-0.1, -0.05) is 0 Å². The van der Waals surface area contributed by atoms with Gasteiger partial charge in [0.05, 0.1) is 5.54 Å². The van der Waals surface area contributed by atoms with E-state index >= 15 is 0 Å². The number of aryl methyl sites for hydroxylation is 1. The molecule has 1 heterocycles. The van der Waals surface area contributed by atoms with Crippen molar-refractivity contribution in [2.75, 3.05) is 0 Å². The summed E-state index contributed by atoms with van der Waals surface area (Å²) in [6.45, 7) is 5.71. The molecule has 0 saturated heterocycles. The van der Waals surface area contributed by atoms with Crippen LogP contribution in [-0.4, -0.2) is 9.36 Å². The molecular formula is C6H11N3S. The van der Waals surface area contributed by atoms with E-state index in [2.05, 4.69) is 9.36 Å². The second-order valence-electron chi connectivity index (χ2n) is 2.87. The van der Waals surface area contributed by atoms with E-state index in [1.54, 1.807) is 0 Å². The molecule has 0 aromatic carbocycles. The van der Waals surface area contributed by atoms with E-state index in [1.165, 1.54) is 11.5 Å². The maximum atomic E-state index is 5.78. The second-order valence-corrected chi connectivity index (χ2v) is 3.62. The van der Waals surface area contributed by atoms with E-state index in [4.69, 9.17) is 5.73 Å². The van der Waals surface area contributed by atoms with E-state index in [0.29, 0.717) is 0 Å². The Morgan fingerprint density at radius 1 is 1.50 bits per heavy atom. The molecule has 1 aromatic rings.